The standard InChI is InChI=1S/C25H35ClF2N6O3S/c1-25(27,28)15-34-9-7-16-11-21(22(37-2)12-17(16)8-10-34)32-24-29-14-19(26)23(33-24)31-20-6-4-3-5-18(20)13-30-38(35)36/h11-12,14,18,20,30H,3-10,13,15H2,1-2H3,(H,35,36)(H2,29,31,32,33)/p-1/t18-,20-/m1/s1. The number of nitrogens with one attached hydrogen (secondary N) is 3. The van der Waals surface area contributed by atoms with E-state index in [4.69, 9.17) is 16.3 Å². The Morgan fingerprint density at radius 1 is 1.24 bits per heavy atom. The summed E-state index contributed by atoms with van der Waals surface area (Å²) in [6.07, 6.45) is 6.66. The van der Waals surface area contributed by atoms with Crippen molar-refractivity contribution in [3.8, 4) is 5.75 Å². The van der Waals surface area contributed by atoms with E-state index in [1.165, 1.54) is 6.20 Å². The summed E-state index contributed by atoms with van der Waals surface area (Å²) >= 11 is 4.10. The molecular formula is C25H34ClF2N6O3S-. The van der Waals surface area contributed by atoms with E-state index >= 15 is 0 Å². The van der Waals surface area contributed by atoms with Crippen molar-refractivity contribution in [2.45, 2.75) is 57.4 Å². The van der Waals surface area contributed by atoms with Gasteiger partial charge in [-0.25, -0.2) is 18.5 Å². The number of nitrogens with zero attached hydrogens (tertiary/aromatic N) is 3. The van der Waals surface area contributed by atoms with Crippen molar-refractivity contribution in [2.24, 2.45) is 5.92 Å². The predicted octanol–water partition coefficient (Wildman–Crippen LogP) is 4.29. The van der Waals surface area contributed by atoms with Gasteiger partial charge in [-0.2, -0.15) is 4.98 Å². The van der Waals surface area contributed by atoms with Crippen LogP contribution in [0.1, 0.15) is 43.7 Å². The lowest BCUT2D eigenvalue weighted by Gasteiger charge is -2.33. The molecule has 1 unspecified atom stereocenters. The number of methoxy groups -OCH3 is 1. The maximum atomic E-state index is 13.6. The molecule has 1 saturated carbocycles. The van der Waals surface area contributed by atoms with Crippen LogP contribution in [0.2, 0.25) is 5.02 Å². The largest absolute Gasteiger partial charge is 0.760 e. The smallest absolute Gasteiger partial charge is 0.257 e. The van der Waals surface area contributed by atoms with Gasteiger partial charge < -0.3 is 19.9 Å². The Bertz CT molecular complexity index is 1140. The highest BCUT2D eigenvalue weighted by atomic mass is 35.5. The van der Waals surface area contributed by atoms with E-state index in [0.717, 1.165) is 43.7 Å². The summed E-state index contributed by atoms with van der Waals surface area (Å²) in [5.74, 6) is -1.23. The van der Waals surface area contributed by atoms with Gasteiger partial charge in [-0.05, 0) is 54.9 Å². The minimum absolute atomic E-state index is 0.0144. The van der Waals surface area contributed by atoms with Crippen LogP contribution in [-0.2, 0) is 24.1 Å². The second kappa shape index (κ2) is 12.8. The highest BCUT2D eigenvalue weighted by Crippen LogP contribution is 2.34. The third kappa shape index (κ3) is 7.95. The van der Waals surface area contributed by atoms with E-state index < -0.39 is 17.2 Å². The fourth-order valence-corrected chi connectivity index (χ4v) is 5.76. The van der Waals surface area contributed by atoms with Crippen molar-refractivity contribution in [1.82, 2.24) is 19.6 Å². The molecule has 0 spiro atoms. The van der Waals surface area contributed by atoms with Crippen LogP contribution < -0.4 is 20.1 Å². The molecule has 2 aromatic rings. The van der Waals surface area contributed by atoms with Crippen LogP contribution in [0.4, 0.5) is 26.2 Å². The molecule has 13 heteroatoms. The molecule has 38 heavy (non-hydrogen) atoms. The van der Waals surface area contributed by atoms with Gasteiger partial charge in [-0.1, -0.05) is 24.4 Å². The Labute approximate surface area is 229 Å². The highest BCUT2D eigenvalue weighted by molar-refractivity contribution is 7.77. The quantitative estimate of drug-likeness (QED) is 0.362. The number of rotatable bonds is 10. The summed E-state index contributed by atoms with van der Waals surface area (Å²) < 4.78 is 57.2. The average Bonchev–Trinajstić information content (AvgIpc) is 3.05. The number of fused-ring (bicyclic) bond motifs is 1. The first kappa shape index (κ1) is 28.9. The lowest BCUT2D eigenvalue weighted by Crippen LogP contribution is -2.39. The number of halogens is 3. The number of benzene rings is 1. The molecule has 1 fully saturated rings. The second-order valence-corrected chi connectivity index (χ2v) is 11.2. The number of alkyl halides is 2. The fourth-order valence-electron chi connectivity index (χ4n) is 5.26. The van der Waals surface area contributed by atoms with Crippen molar-refractivity contribution in [3.63, 3.8) is 0 Å². The van der Waals surface area contributed by atoms with E-state index in [1.807, 2.05) is 12.1 Å². The maximum Gasteiger partial charge on any atom is 0.257 e. The molecule has 210 valence electrons. The molecule has 0 amide bonds. The molecule has 3 N–H and O–H groups in total. The van der Waals surface area contributed by atoms with Crippen LogP contribution in [0.3, 0.4) is 0 Å². The van der Waals surface area contributed by atoms with Gasteiger partial charge in [0.05, 0.1) is 25.5 Å². The molecule has 0 bridgehead atoms. The normalized spacial score (nSPS) is 21.3. The van der Waals surface area contributed by atoms with Gasteiger partial charge in [0.15, 0.2) is 5.82 Å². The summed E-state index contributed by atoms with van der Waals surface area (Å²) in [7, 11) is 1.58. The van der Waals surface area contributed by atoms with Gasteiger partial charge in [-0.15, -0.1) is 0 Å². The van der Waals surface area contributed by atoms with Crippen LogP contribution in [-0.4, -0.2) is 68.9 Å². The maximum absolute atomic E-state index is 13.6. The molecule has 9 nitrogen and oxygen atoms in total. The van der Waals surface area contributed by atoms with Gasteiger partial charge in [0.1, 0.15) is 10.8 Å². The highest BCUT2D eigenvalue weighted by Gasteiger charge is 2.28. The van der Waals surface area contributed by atoms with E-state index in [9.17, 15) is 17.5 Å². The number of anilines is 3. The van der Waals surface area contributed by atoms with Gasteiger partial charge in [0.2, 0.25) is 5.95 Å². The van der Waals surface area contributed by atoms with Gasteiger partial charge in [0, 0.05) is 43.9 Å². The van der Waals surface area contributed by atoms with E-state index in [0.29, 0.717) is 60.7 Å². The summed E-state index contributed by atoms with van der Waals surface area (Å²) in [6, 6.07) is 3.93. The monoisotopic (exact) mass is 571 g/mol. The Kier molecular flexibility index (Phi) is 9.74. The molecule has 2 heterocycles. The second-order valence-electron chi connectivity index (χ2n) is 10.1. The Hall–Kier alpha value is -2.12. The van der Waals surface area contributed by atoms with Crippen LogP contribution in [0.15, 0.2) is 18.3 Å². The number of ether oxygens (including phenoxy) is 1. The zero-order valence-corrected chi connectivity index (χ0v) is 23.1. The molecule has 2 aliphatic rings. The molecule has 1 aromatic carbocycles. The first-order chi connectivity index (χ1) is 18.1. The zero-order chi connectivity index (χ0) is 27.3. The minimum atomic E-state index is -2.73. The third-order valence-corrected chi connectivity index (χ3v) is 7.78. The van der Waals surface area contributed by atoms with Gasteiger partial charge >= 0.3 is 0 Å². The Morgan fingerprint density at radius 2 is 1.95 bits per heavy atom. The van der Waals surface area contributed by atoms with Crippen molar-refractivity contribution < 1.29 is 22.3 Å². The molecule has 0 radical (unpaired) electrons. The molecular weight excluding hydrogens is 538 g/mol. The molecule has 1 aromatic heterocycles. The number of hydrogen-bond acceptors (Lipinski definition) is 8. The SMILES string of the molecule is COc1cc2c(cc1Nc1ncc(Cl)c(N[C@@H]3CCCC[C@@H]3CNS(=O)[O-])n1)CCN(CC(C)(F)F)CC2. The average molecular weight is 572 g/mol. The van der Waals surface area contributed by atoms with Crippen LogP contribution >= 0.6 is 11.6 Å². The first-order valence-electron chi connectivity index (χ1n) is 12.8. The number of hydrogen-bond donors (Lipinski definition) is 3. The summed E-state index contributed by atoms with van der Waals surface area (Å²) in [5.41, 5.74) is 2.81. The minimum Gasteiger partial charge on any atom is -0.760 e. The Morgan fingerprint density at radius 3 is 2.63 bits per heavy atom. The van der Waals surface area contributed by atoms with Crippen LogP contribution in [0.25, 0.3) is 0 Å². The molecule has 3 atom stereocenters. The zero-order valence-electron chi connectivity index (χ0n) is 21.6. The third-order valence-electron chi connectivity index (χ3n) is 7.10. The Balaban J connectivity index is 1.50. The van der Waals surface area contributed by atoms with Gasteiger partial charge in [-0.3, -0.25) is 9.11 Å². The van der Waals surface area contributed by atoms with E-state index in [-0.39, 0.29) is 18.5 Å². The summed E-state index contributed by atoms with van der Waals surface area (Å²) in [4.78, 5) is 10.7. The lowest BCUT2D eigenvalue weighted by atomic mass is 9.84. The summed E-state index contributed by atoms with van der Waals surface area (Å²) in [5, 5.41) is 6.99. The molecule has 1 aliphatic carbocycles. The van der Waals surface area contributed by atoms with E-state index in [1.54, 1.807) is 12.0 Å². The fraction of sp³-hybridized carbons (Fsp3) is 0.600. The molecule has 4 rings (SSSR count). The van der Waals surface area contributed by atoms with Crippen LogP contribution in [0, 0.1) is 5.92 Å². The van der Waals surface area contributed by atoms with E-state index in [2.05, 4.69) is 25.3 Å². The van der Waals surface area contributed by atoms with Crippen molar-refractivity contribution in [2.75, 3.05) is 43.9 Å². The van der Waals surface area contributed by atoms with Crippen molar-refractivity contribution in [1.29, 1.82) is 0 Å². The predicted molar refractivity (Wildman–Crippen MR) is 144 cm³/mol. The molecule has 0 saturated heterocycles. The lowest BCUT2D eigenvalue weighted by molar-refractivity contribution is -0.0133. The number of aromatic nitrogens is 2. The topological polar surface area (TPSA) is 114 Å². The van der Waals surface area contributed by atoms with Crippen LogP contribution in [0.5, 0.6) is 5.75 Å². The summed E-state index contributed by atoms with van der Waals surface area (Å²) in [6.45, 7) is 2.14. The molecule has 1 aliphatic heterocycles. The first-order valence-corrected chi connectivity index (χ1v) is 14.3. The van der Waals surface area contributed by atoms with Crippen molar-refractivity contribution in [3.05, 3.63) is 34.5 Å². The van der Waals surface area contributed by atoms with Gasteiger partial charge in [0.25, 0.3) is 5.92 Å². The van der Waals surface area contributed by atoms with Crippen molar-refractivity contribution >= 4 is 40.3 Å².